The van der Waals surface area contributed by atoms with E-state index >= 15 is 0 Å². The first-order valence-corrected chi connectivity index (χ1v) is 8.99. The molecule has 25 heavy (non-hydrogen) atoms. The molecule has 2 amide bonds. The minimum absolute atomic E-state index is 0. The smallest absolute Gasteiger partial charge is 0.253 e. The summed E-state index contributed by atoms with van der Waals surface area (Å²) in [6, 6.07) is 7.36. The molecule has 1 aromatic carbocycles. The third-order valence-corrected chi connectivity index (χ3v) is 5.19. The van der Waals surface area contributed by atoms with Gasteiger partial charge in [0.1, 0.15) is 0 Å². The molecule has 0 unspecified atom stereocenters. The van der Waals surface area contributed by atoms with Crippen molar-refractivity contribution in [2.24, 2.45) is 5.92 Å². The highest BCUT2D eigenvalue weighted by Gasteiger charge is 2.31. The normalized spacial score (nSPS) is 23.8. The number of nitrogens with zero attached hydrogens (tertiary/aromatic N) is 2. The van der Waals surface area contributed by atoms with Crippen LogP contribution in [0.3, 0.4) is 0 Å². The van der Waals surface area contributed by atoms with Crippen molar-refractivity contribution in [3.63, 3.8) is 0 Å². The van der Waals surface area contributed by atoms with Crippen LogP contribution in [0, 0.1) is 5.92 Å². The second kappa shape index (κ2) is 8.88. The van der Waals surface area contributed by atoms with Gasteiger partial charge in [0.2, 0.25) is 5.91 Å². The van der Waals surface area contributed by atoms with Crippen molar-refractivity contribution in [2.75, 3.05) is 32.7 Å². The molecule has 2 fully saturated rings. The Morgan fingerprint density at radius 3 is 2.28 bits per heavy atom. The summed E-state index contributed by atoms with van der Waals surface area (Å²) in [6.45, 7) is 5.46. The average molecular weight is 386 g/mol. The van der Waals surface area contributed by atoms with Gasteiger partial charge in [-0.3, -0.25) is 9.59 Å². The lowest BCUT2D eigenvalue weighted by Gasteiger charge is -2.38. The molecule has 1 N–H and O–H groups in total. The number of piperazine rings is 1. The third kappa shape index (κ3) is 4.87. The van der Waals surface area contributed by atoms with Gasteiger partial charge in [-0.15, -0.1) is 12.4 Å². The summed E-state index contributed by atoms with van der Waals surface area (Å²) < 4.78 is 0. The van der Waals surface area contributed by atoms with E-state index in [9.17, 15) is 9.59 Å². The maximum absolute atomic E-state index is 12.7. The molecular weight excluding hydrogens is 361 g/mol. The Bertz CT molecular complexity index is 601. The van der Waals surface area contributed by atoms with Gasteiger partial charge in [-0.05, 0) is 50.6 Å². The van der Waals surface area contributed by atoms with E-state index < -0.39 is 0 Å². The number of hydrogen-bond donors (Lipinski definition) is 1. The van der Waals surface area contributed by atoms with Crippen molar-refractivity contribution >= 4 is 35.8 Å². The van der Waals surface area contributed by atoms with Crippen molar-refractivity contribution in [3.05, 3.63) is 34.9 Å². The zero-order valence-electron chi connectivity index (χ0n) is 14.4. The number of halogens is 2. The minimum Gasteiger partial charge on any atom is -0.339 e. The van der Waals surface area contributed by atoms with E-state index in [2.05, 4.69) is 12.2 Å². The molecule has 2 heterocycles. The molecule has 0 aliphatic carbocycles. The number of amides is 2. The van der Waals surface area contributed by atoms with E-state index in [1.165, 1.54) is 0 Å². The monoisotopic (exact) mass is 385 g/mol. The zero-order valence-corrected chi connectivity index (χ0v) is 16.0. The topological polar surface area (TPSA) is 52.7 Å². The second-order valence-corrected chi connectivity index (χ2v) is 7.14. The standard InChI is InChI=1S/C18H24ClN3O2.ClH/c1-13-12-15(6-7-20-13)18(24)22-10-8-21(9-11-22)17(23)14-2-4-16(19)5-3-14;/h2-5,13,15,20H,6-12H2,1H3;1H/t13-,15-;/m0./s1. The molecular formula is C18H25Cl2N3O2. The van der Waals surface area contributed by atoms with Crippen LogP contribution in [0.1, 0.15) is 30.1 Å². The summed E-state index contributed by atoms with van der Waals surface area (Å²) >= 11 is 5.87. The Kier molecular flexibility index (Phi) is 7.11. The largest absolute Gasteiger partial charge is 0.339 e. The number of carbonyl (C=O) groups excluding carboxylic acids is 2. The Labute approximate surface area is 160 Å². The maximum Gasteiger partial charge on any atom is 0.253 e. The van der Waals surface area contributed by atoms with Crippen molar-refractivity contribution in [1.82, 2.24) is 15.1 Å². The molecule has 2 atom stereocenters. The van der Waals surface area contributed by atoms with Crippen molar-refractivity contribution in [2.45, 2.75) is 25.8 Å². The van der Waals surface area contributed by atoms with Crippen molar-refractivity contribution < 1.29 is 9.59 Å². The molecule has 0 saturated carbocycles. The number of benzene rings is 1. The summed E-state index contributed by atoms with van der Waals surface area (Å²) in [5.41, 5.74) is 0.645. The van der Waals surface area contributed by atoms with E-state index in [0.29, 0.717) is 42.8 Å². The lowest BCUT2D eigenvalue weighted by molar-refractivity contribution is -0.138. The fraction of sp³-hybridized carbons (Fsp3) is 0.556. The van der Waals surface area contributed by atoms with Crippen LogP contribution in [0.5, 0.6) is 0 Å². The summed E-state index contributed by atoms with van der Waals surface area (Å²) in [4.78, 5) is 28.9. The predicted octanol–water partition coefficient (Wildman–Crippen LogP) is 2.43. The third-order valence-electron chi connectivity index (χ3n) is 4.94. The second-order valence-electron chi connectivity index (χ2n) is 6.70. The van der Waals surface area contributed by atoms with Gasteiger partial charge in [0, 0.05) is 48.7 Å². The molecule has 138 valence electrons. The van der Waals surface area contributed by atoms with Crippen molar-refractivity contribution in [1.29, 1.82) is 0 Å². The van der Waals surface area contributed by atoms with Crippen LogP contribution in [0.25, 0.3) is 0 Å². The van der Waals surface area contributed by atoms with Crippen LogP contribution < -0.4 is 5.32 Å². The fourth-order valence-corrected chi connectivity index (χ4v) is 3.65. The molecule has 3 rings (SSSR count). The summed E-state index contributed by atoms with van der Waals surface area (Å²) in [6.07, 6.45) is 1.82. The van der Waals surface area contributed by atoms with Gasteiger partial charge in [0.25, 0.3) is 5.91 Å². The SMILES string of the molecule is C[C@H]1C[C@@H](C(=O)N2CCN(C(=O)c3ccc(Cl)cc3)CC2)CCN1.Cl. The fourth-order valence-electron chi connectivity index (χ4n) is 3.52. The van der Waals surface area contributed by atoms with Gasteiger partial charge >= 0.3 is 0 Å². The van der Waals surface area contributed by atoms with Gasteiger partial charge in [-0.25, -0.2) is 0 Å². The quantitative estimate of drug-likeness (QED) is 0.850. The lowest BCUT2D eigenvalue weighted by atomic mass is 9.92. The molecule has 0 aromatic heterocycles. The molecule has 1 aromatic rings. The number of piperidine rings is 1. The average Bonchev–Trinajstić information content (AvgIpc) is 2.61. The molecule has 7 heteroatoms. The van der Waals surface area contributed by atoms with Crippen LogP contribution in [-0.4, -0.2) is 60.4 Å². The van der Waals surface area contributed by atoms with E-state index in [4.69, 9.17) is 11.6 Å². The molecule has 2 aliphatic rings. The molecule has 5 nitrogen and oxygen atoms in total. The number of rotatable bonds is 2. The number of carbonyl (C=O) groups is 2. The zero-order chi connectivity index (χ0) is 17.1. The summed E-state index contributed by atoms with van der Waals surface area (Å²) in [5.74, 6) is 0.385. The number of nitrogens with one attached hydrogen (secondary N) is 1. The highest BCUT2D eigenvalue weighted by molar-refractivity contribution is 6.30. The molecule has 0 bridgehead atoms. The first kappa shape index (κ1) is 20.0. The van der Waals surface area contributed by atoms with E-state index in [-0.39, 0.29) is 30.1 Å². The Morgan fingerprint density at radius 1 is 1.08 bits per heavy atom. The van der Waals surface area contributed by atoms with Gasteiger partial charge in [0.05, 0.1) is 0 Å². The lowest BCUT2D eigenvalue weighted by Crippen LogP contribution is -2.53. The van der Waals surface area contributed by atoms with E-state index in [1.54, 1.807) is 24.3 Å². The van der Waals surface area contributed by atoms with Crippen LogP contribution >= 0.6 is 24.0 Å². The van der Waals surface area contributed by atoms with Crippen LogP contribution in [0.4, 0.5) is 0 Å². The highest BCUT2D eigenvalue weighted by atomic mass is 35.5. The van der Waals surface area contributed by atoms with E-state index in [1.807, 2.05) is 9.80 Å². The molecule has 2 saturated heterocycles. The summed E-state index contributed by atoms with van der Waals surface area (Å²) in [7, 11) is 0. The van der Waals surface area contributed by atoms with Crippen LogP contribution in [0.2, 0.25) is 5.02 Å². The molecule has 0 spiro atoms. The van der Waals surface area contributed by atoms with Gasteiger partial charge in [-0.1, -0.05) is 11.6 Å². The Morgan fingerprint density at radius 2 is 1.68 bits per heavy atom. The van der Waals surface area contributed by atoms with Crippen molar-refractivity contribution in [3.8, 4) is 0 Å². The van der Waals surface area contributed by atoms with Crippen LogP contribution in [0.15, 0.2) is 24.3 Å². The Balaban J connectivity index is 0.00000225. The first-order chi connectivity index (χ1) is 11.5. The number of hydrogen-bond acceptors (Lipinski definition) is 3. The van der Waals surface area contributed by atoms with Crippen LogP contribution in [-0.2, 0) is 4.79 Å². The first-order valence-electron chi connectivity index (χ1n) is 8.61. The van der Waals surface area contributed by atoms with Gasteiger partial charge in [-0.2, -0.15) is 0 Å². The Hall–Kier alpha value is -1.30. The summed E-state index contributed by atoms with van der Waals surface area (Å²) in [5, 5.41) is 4.00. The van der Waals surface area contributed by atoms with E-state index in [0.717, 1.165) is 19.4 Å². The minimum atomic E-state index is 0. The van der Waals surface area contributed by atoms with Gasteiger partial charge in [0.15, 0.2) is 0 Å². The molecule has 2 aliphatic heterocycles. The highest BCUT2D eigenvalue weighted by Crippen LogP contribution is 2.20. The van der Waals surface area contributed by atoms with Gasteiger partial charge < -0.3 is 15.1 Å². The predicted molar refractivity (Wildman–Crippen MR) is 101 cm³/mol. The molecule has 0 radical (unpaired) electrons. The maximum atomic E-state index is 12.7.